The van der Waals surface area contributed by atoms with E-state index in [0.717, 1.165) is 30.9 Å². The van der Waals surface area contributed by atoms with Crippen molar-refractivity contribution in [3.63, 3.8) is 0 Å². The second-order valence-electron chi connectivity index (χ2n) is 4.29. The second kappa shape index (κ2) is 4.53. The van der Waals surface area contributed by atoms with Gasteiger partial charge in [-0.1, -0.05) is 0 Å². The van der Waals surface area contributed by atoms with Crippen molar-refractivity contribution in [2.45, 2.75) is 32.2 Å². The maximum absolute atomic E-state index is 4.35. The van der Waals surface area contributed by atoms with Crippen LogP contribution in [0, 0.1) is 0 Å². The molecule has 0 spiro atoms. The summed E-state index contributed by atoms with van der Waals surface area (Å²) in [6, 6.07) is 0. The Morgan fingerprint density at radius 3 is 3.06 bits per heavy atom. The van der Waals surface area contributed by atoms with Crippen LogP contribution in [0.4, 0.5) is 5.82 Å². The first-order chi connectivity index (χ1) is 8.43. The lowest BCUT2D eigenvalue weighted by Crippen LogP contribution is -2.12. The standard InChI is InChI=1S/C12H15N5/c1-2-4-11-10(3-1)12(17-8-16-11)14-6-9-5-13-7-15-9/h5,7-8H,1-4,6H2,(H,13,15)(H,14,16,17). The van der Waals surface area contributed by atoms with Crippen molar-refractivity contribution in [2.24, 2.45) is 0 Å². The Bertz CT molecular complexity index is 492. The molecule has 0 saturated carbocycles. The number of fused-ring (bicyclic) bond motifs is 1. The molecule has 88 valence electrons. The SMILES string of the molecule is c1nc2c(c(NCc3cnc[nH]3)n1)CCCC2. The van der Waals surface area contributed by atoms with E-state index < -0.39 is 0 Å². The molecule has 2 N–H and O–H groups in total. The van der Waals surface area contributed by atoms with Crippen molar-refractivity contribution in [1.82, 2.24) is 19.9 Å². The van der Waals surface area contributed by atoms with Gasteiger partial charge in [0.1, 0.15) is 12.1 Å². The molecule has 0 unspecified atom stereocenters. The first-order valence-corrected chi connectivity index (χ1v) is 5.97. The Hall–Kier alpha value is -1.91. The third kappa shape index (κ3) is 2.13. The number of hydrogen-bond donors (Lipinski definition) is 2. The molecule has 1 aliphatic rings. The van der Waals surface area contributed by atoms with Gasteiger partial charge in [0.2, 0.25) is 0 Å². The highest BCUT2D eigenvalue weighted by atomic mass is 15.0. The van der Waals surface area contributed by atoms with Gasteiger partial charge in [0.25, 0.3) is 0 Å². The highest BCUT2D eigenvalue weighted by Crippen LogP contribution is 2.24. The van der Waals surface area contributed by atoms with Crippen LogP contribution in [0.2, 0.25) is 0 Å². The van der Waals surface area contributed by atoms with Crippen LogP contribution in [-0.2, 0) is 19.4 Å². The number of imidazole rings is 1. The van der Waals surface area contributed by atoms with Crippen LogP contribution in [0.15, 0.2) is 18.9 Å². The number of aryl methyl sites for hydroxylation is 1. The van der Waals surface area contributed by atoms with Crippen LogP contribution in [0.5, 0.6) is 0 Å². The van der Waals surface area contributed by atoms with Gasteiger partial charge < -0.3 is 10.3 Å². The Balaban J connectivity index is 1.78. The minimum atomic E-state index is 0.726. The van der Waals surface area contributed by atoms with Gasteiger partial charge in [-0.25, -0.2) is 15.0 Å². The summed E-state index contributed by atoms with van der Waals surface area (Å²) in [5.74, 6) is 0.976. The molecule has 0 amide bonds. The highest BCUT2D eigenvalue weighted by Gasteiger charge is 2.14. The summed E-state index contributed by atoms with van der Waals surface area (Å²) >= 11 is 0. The fourth-order valence-corrected chi connectivity index (χ4v) is 2.23. The van der Waals surface area contributed by atoms with Gasteiger partial charge in [0.05, 0.1) is 18.6 Å². The number of aromatic amines is 1. The number of nitrogens with one attached hydrogen (secondary N) is 2. The van der Waals surface area contributed by atoms with E-state index in [1.54, 1.807) is 12.7 Å². The highest BCUT2D eigenvalue weighted by molar-refractivity contribution is 5.47. The molecule has 2 aromatic rings. The summed E-state index contributed by atoms with van der Waals surface area (Å²) in [6.07, 6.45) is 9.80. The van der Waals surface area contributed by atoms with Crippen LogP contribution < -0.4 is 5.32 Å². The van der Waals surface area contributed by atoms with Gasteiger partial charge >= 0.3 is 0 Å². The lowest BCUT2D eigenvalue weighted by Gasteiger charge is -2.17. The molecule has 0 fully saturated rings. The van der Waals surface area contributed by atoms with E-state index in [-0.39, 0.29) is 0 Å². The lowest BCUT2D eigenvalue weighted by atomic mass is 9.96. The van der Waals surface area contributed by atoms with E-state index in [1.807, 2.05) is 6.20 Å². The van der Waals surface area contributed by atoms with Crippen LogP contribution >= 0.6 is 0 Å². The molecule has 5 nitrogen and oxygen atoms in total. The molecular formula is C12H15N5. The van der Waals surface area contributed by atoms with Gasteiger partial charge in [-0.2, -0.15) is 0 Å². The fourth-order valence-electron chi connectivity index (χ4n) is 2.23. The number of H-pyrrole nitrogens is 1. The molecule has 2 aromatic heterocycles. The molecule has 0 saturated heterocycles. The molecule has 0 atom stereocenters. The average Bonchev–Trinajstić information content (AvgIpc) is 2.89. The van der Waals surface area contributed by atoms with Crippen LogP contribution in [-0.4, -0.2) is 19.9 Å². The summed E-state index contributed by atoms with van der Waals surface area (Å²) in [7, 11) is 0. The third-order valence-electron chi connectivity index (χ3n) is 3.13. The predicted molar refractivity (Wildman–Crippen MR) is 64.6 cm³/mol. The molecule has 2 heterocycles. The third-order valence-corrected chi connectivity index (χ3v) is 3.13. The van der Waals surface area contributed by atoms with Crippen LogP contribution in [0.3, 0.4) is 0 Å². The summed E-state index contributed by atoms with van der Waals surface area (Å²) in [5, 5.41) is 3.35. The smallest absolute Gasteiger partial charge is 0.133 e. The molecule has 0 aromatic carbocycles. The van der Waals surface area contributed by atoms with Gasteiger partial charge in [-0.3, -0.25) is 0 Å². The number of nitrogens with zero attached hydrogens (tertiary/aromatic N) is 3. The minimum absolute atomic E-state index is 0.726. The van der Waals surface area contributed by atoms with Gasteiger partial charge in [-0.05, 0) is 25.7 Å². The van der Waals surface area contributed by atoms with Crippen molar-refractivity contribution < 1.29 is 0 Å². The molecule has 5 heteroatoms. The Morgan fingerprint density at radius 1 is 1.24 bits per heavy atom. The van der Waals surface area contributed by atoms with Crippen LogP contribution in [0.25, 0.3) is 0 Å². The first-order valence-electron chi connectivity index (χ1n) is 5.97. The van der Waals surface area contributed by atoms with Gasteiger partial charge in [-0.15, -0.1) is 0 Å². The first kappa shape index (κ1) is 10.3. The Kier molecular flexibility index (Phi) is 2.73. The van der Waals surface area contributed by atoms with E-state index in [9.17, 15) is 0 Å². The molecule has 0 bridgehead atoms. The fraction of sp³-hybridized carbons (Fsp3) is 0.417. The zero-order chi connectivity index (χ0) is 11.5. The Morgan fingerprint density at radius 2 is 2.18 bits per heavy atom. The van der Waals surface area contributed by atoms with Crippen LogP contribution in [0.1, 0.15) is 29.8 Å². The van der Waals surface area contributed by atoms with E-state index >= 15 is 0 Å². The largest absolute Gasteiger partial charge is 0.364 e. The number of rotatable bonds is 3. The summed E-state index contributed by atoms with van der Waals surface area (Å²) < 4.78 is 0. The topological polar surface area (TPSA) is 66.5 Å². The number of hydrogen-bond acceptors (Lipinski definition) is 4. The van der Waals surface area contributed by atoms with Crippen molar-refractivity contribution in [3.8, 4) is 0 Å². The average molecular weight is 229 g/mol. The molecule has 0 aliphatic heterocycles. The summed E-state index contributed by atoms with van der Waals surface area (Å²) in [5.41, 5.74) is 3.56. The van der Waals surface area contributed by atoms with Crippen molar-refractivity contribution in [1.29, 1.82) is 0 Å². The molecular weight excluding hydrogens is 214 g/mol. The maximum atomic E-state index is 4.35. The lowest BCUT2D eigenvalue weighted by molar-refractivity contribution is 0.663. The normalized spacial score (nSPS) is 14.4. The quantitative estimate of drug-likeness (QED) is 0.840. The van der Waals surface area contributed by atoms with Gasteiger partial charge in [0.15, 0.2) is 0 Å². The molecule has 17 heavy (non-hydrogen) atoms. The second-order valence-corrected chi connectivity index (χ2v) is 4.29. The zero-order valence-corrected chi connectivity index (χ0v) is 9.61. The van der Waals surface area contributed by atoms with E-state index in [4.69, 9.17) is 0 Å². The summed E-state index contributed by atoms with van der Waals surface area (Å²) in [4.78, 5) is 15.8. The monoisotopic (exact) mass is 229 g/mol. The van der Waals surface area contributed by atoms with Crippen molar-refractivity contribution in [3.05, 3.63) is 35.8 Å². The maximum Gasteiger partial charge on any atom is 0.133 e. The summed E-state index contributed by atoms with van der Waals surface area (Å²) in [6.45, 7) is 0.726. The van der Waals surface area contributed by atoms with Gasteiger partial charge in [0, 0.05) is 17.5 Å². The Labute approximate surface area is 99.7 Å². The number of anilines is 1. The van der Waals surface area contributed by atoms with Crippen molar-refractivity contribution in [2.75, 3.05) is 5.32 Å². The van der Waals surface area contributed by atoms with Crippen molar-refractivity contribution >= 4 is 5.82 Å². The zero-order valence-electron chi connectivity index (χ0n) is 9.61. The molecule has 1 aliphatic carbocycles. The van der Waals surface area contributed by atoms with E-state index in [0.29, 0.717) is 0 Å². The number of aromatic nitrogens is 4. The van der Waals surface area contributed by atoms with E-state index in [1.165, 1.54) is 24.1 Å². The van der Waals surface area contributed by atoms with E-state index in [2.05, 4.69) is 25.3 Å². The minimum Gasteiger partial charge on any atom is -0.364 e. The molecule has 3 rings (SSSR count). The predicted octanol–water partition coefficient (Wildman–Crippen LogP) is 1.69. The molecule has 0 radical (unpaired) electrons.